The van der Waals surface area contributed by atoms with Crippen molar-refractivity contribution < 1.29 is 14.4 Å². The molecule has 1 heterocycles. The Kier molecular flexibility index (Phi) is 4.02. The lowest BCUT2D eigenvalue weighted by Crippen LogP contribution is -2.44. The van der Waals surface area contributed by atoms with E-state index in [1.165, 1.54) is 0 Å². The van der Waals surface area contributed by atoms with Gasteiger partial charge in [0.15, 0.2) is 0 Å². The van der Waals surface area contributed by atoms with E-state index in [1.54, 1.807) is 25.1 Å². The third-order valence-electron chi connectivity index (χ3n) is 3.33. The number of nitrogens with zero attached hydrogens (tertiary/aromatic N) is 1. The first kappa shape index (κ1) is 14.0. The predicted octanol–water partition coefficient (Wildman–Crippen LogP) is 1.05. The average Bonchev–Trinajstić information content (AvgIpc) is 2.39. The van der Waals surface area contributed by atoms with Gasteiger partial charge in [0.2, 0.25) is 17.7 Å². The van der Waals surface area contributed by atoms with Crippen LogP contribution in [0.15, 0.2) is 18.2 Å². The highest BCUT2D eigenvalue weighted by molar-refractivity contribution is 6.03. The molecule has 1 aliphatic rings. The van der Waals surface area contributed by atoms with Gasteiger partial charge in [-0.3, -0.25) is 19.3 Å². The van der Waals surface area contributed by atoms with Crippen LogP contribution in [0.5, 0.6) is 0 Å². The van der Waals surface area contributed by atoms with Gasteiger partial charge in [-0.1, -0.05) is 6.07 Å². The van der Waals surface area contributed by atoms with Crippen LogP contribution in [-0.4, -0.2) is 29.2 Å². The molecule has 6 heteroatoms. The van der Waals surface area contributed by atoms with Gasteiger partial charge in [0, 0.05) is 24.2 Å². The lowest BCUT2D eigenvalue weighted by molar-refractivity contribution is -0.150. The molecule has 6 nitrogen and oxygen atoms in total. The van der Waals surface area contributed by atoms with Crippen LogP contribution in [0.25, 0.3) is 0 Å². The summed E-state index contributed by atoms with van der Waals surface area (Å²) in [6.07, 6.45) is 1.19. The summed E-state index contributed by atoms with van der Waals surface area (Å²) in [5.74, 6) is -0.983. The number of carbonyl (C=O) groups is 3. The van der Waals surface area contributed by atoms with E-state index >= 15 is 0 Å². The minimum atomic E-state index is -0.401. The van der Waals surface area contributed by atoms with Gasteiger partial charge >= 0.3 is 0 Å². The van der Waals surface area contributed by atoms with Crippen LogP contribution in [0.3, 0.4) is 0 Å². The zero-order chi connectivity index (χ0) is 14.7. The van der Waals surface area contributed by atoms with Crippen molar-refractivity contribution in [1.82, 2.24) is 4.90 Å². The number of likely N-dealkylation sites (tertiary alicyclic amines) is 1. The second-order valence-electron chi connectivity index (χ2n) is 4.80. The van der Waals surface area contributed by atoms with Gasteiger partial charge in [-0.25, -0.2) is 0 Å². The maximum Gasteiger partial charge on any atom is 0.244 e. The summed E-state index contributed by atoms with van der Waals surface area (Å²) in [7, 11) is 0. The molecule has 0 aliphatic carbocycles. The number of imide groups is 1. The van der Waals surface area contributed by atoms with E-state index in [2.05, 4.69) is 5.32 Å². The van der Waals surface area contributed by atoms with E-state index in [-0.39, 0.29) is 18.4 Å². The van der Waals surface area contributed by atoms with Crippen molar-refractivity contribution in [3.63, 3.8) is 0 Å². The number of anilines is 2. The maximum atomic E-state index is 11.9. The van der Waals surface area contributed by atoms with Crippen molar-refractivity contribution in [3.05, 3.63) is 23.8 Å². The van der Waals surface area contributed by atoms with Crippen molar-refractivity contribution in [2.45, 2.75) is 26.2 Å². The standard InChI is InChI=1S/C14H17N3O3/c1-9-10(15)4-2-5-11(9)16-12(18)8-17-13(19)6-3-7-14(17)20/h2,4-5H,3,6-8,15H2,1H3,(H,16,18). The number of rotatable bonds is 3. The Labute approximate surface area is 116 Å². The Balaban J connectivity index is 2.03. The number of nitrogens with two attached hydrogens (primary N) is 1. The molecule has 3 amide bonds. The molecule has 2 rings (SSSR count). The number of nitrogens with one attached hydrogen (secondary N) is 1. The molecule has 1 aliphatic heterocycles. The lowest BCUT2D eigenvalue weighted by atomic mass is 10.1. The molecule has 20 heavy (non-hydrogen) atoms. The number of hydrogen-bond acceptors (Lipinski definition) is 4. The fourth-order valence-electron chi connectivity index (χ4n) is 2.10. The maximum absolute atomic E-state index is 11.9. The van der Waals surface area contributed by atoms with Crippen molar-refractivity contribution in [2.24, 2.45) is 0 Å². The Morgan fingerprint density at radius 3 is 2.60 bits per heavy atom. The number of piperidine rings is 1. The third-order valence-corrected chi connectivity index (χ3v) is 3.33. The summed E-state index contributed by atoms with van der Waals surface area (Å²) < 4.78 is 0. The van der Waals surface area contributed by atoms with Crippen LogP contribution in [0.1, 0.15) is 24.8 Å². The molecular weight excluding hydrogens is 258 g/mol. The smallest absolute Gasteiger partial charge is 0.244 e. The van der Waals surface area contributed by atoms with Gasteiger partial charge in [0.1, 0.15) is 6.54 Å². The fraction of sp³-hybridized carbons (Fsp3) is 0.357. The molecule has 0 spiro atoms. The molecule has 1 aromatic rings. The number of hydrogen-bond donors (Lipinski definition) is 2. The Bertz CT molecular complexity index is 553. The molecule has 0 unspecified atom stereocenters. The minimum Gasteiger partial charge on any atom is -0.398 e. The third kappa shape index (κ3) is 2.96. The molecule has 3 N–H and O–H groups in total. The molecule has 1 fully saturated rings. The van der Waals surface area contributed by atoms with Crippen molar-refractivity contribution in [3.8, 4) is 0 Å². The van der Waals surface area contributed by atoms with Gasteiger partial charge in [-0.15, -0.1) is 0 Å². The Morgan fingerprint density at radius 2 is 1.95 bits per heavy atom. The normalized spacial score (nSPS) is 15.3. The number of nitrogen functional groups attached to an aromatic ring is 1. The summed E-state index contributed by atoms with van der Waals surface area (Å²) >= 11 is 0. The van der Waals surface area contributed by atoms with Crippen molar-refractivity contribution in [1.29, 1.82) is 0 Å². The zero-order valence-electron chi connectivity index (χ0n) is 11.3. The molecule has 0 radical (unpaired) electrons. The largest absolute Gasteiger partial charge is 0.398 e. The highest BCUT2D eigenvalue weighted by atomic mass is 16.2. The number of carbonyl (C=O) groups excluding carboxylic acids is 3. The zero-order valence-corrected chi connectivity index (χ0v) is 11.3. The first-order valence-electron chi connectivity index (χ1n) is 6.47. The molecule has 1 saturated heterocycles. The summed E-state index contributed by atoms with van der Waals surface area (Å²) in [4.78, 5) is 36.2. The van der Waals surface area contributed by atoms with Crippen LogP contribution in [-0.2, 0) is 14.4 Å². The van der Waals surface area contributed by atoms with Crippen LogP contribution in [0.4, 0.5) is 11.4 Å². The molecule has 0 aromatic heterocycles. The first-order chi connectivity index (χ1) is 9.49. The molecule has 106 valence electrons. The van der Waals surface area contributed by atoms with Gasteiger partial charge < -0.3 is 11.1 Å². The molecule has 0 bridgehead atoms. The highest BCUT2D eigenvalue weighted by Crippen LogP contribution is 2.20. The number of benzene rings is 1. The second-order valence-corrected chi connectivity index (χ2v) is 4.80. The Morgan fingerprint density at radius 1 is 1.30 bits per heavy atom. The average molecular weight is 275 g/mol. The van der Waals surface area contributed by atoms with E-state index in [9.17, 15) is 14.4 Å². The lowest BCUT2D eigenvalue weighted by Gasteiger charge is -2.24. The fourth-order valence-corrected chi connectivity index (χ4v) is 2.10. The monoisotopic (exact) mass is 275 g/mol. The van der Waals surface area contributed by atoms with Crippen LogP contribution >= 0.6 is 0 Å². The van der Waals surface area contributed by atoms with Gasteiger partial charge in [-0.05, 0) is 31.0 Å². The van der Waals surface area contributed by atoms with Crippen LogP contribution in [0, 0.1) is 6.92 Å². The molecular formula is C14H17N3O3. The van der Waals surface area contributed by atoms with E-state index < -0.39 is 5.91 Å². The number of amides is 3. The SMILES string of the molecule is Cc1c(N)cccc1NC(=O)CN1C(=O)CCCC1=O. The summed E-state index contributed by atoms with van der Waals surface area (Å²) in [5.41, 5.74) is 7.68. The highest BCUT2D eigenvalue weighted by Gasteiger charge is 2.27. The summed E-state index contributed by atoms with van der Waals surface area (Å²) in [6, 6.07) is 5.20. The predicted molar refractivity (Wildman–Crippen MR) is 74.8 cm³/mol. The van der Waals surface area contributed by atoms with Crippen molar-refractivity contribution >= 4 is 29.1 Å². The topological polar surface area (TPSA) is 92.5 Å². The minimum absolute atomic E-state index is 0.244. The van der Waals surface area contributed by atoms with Crippen LogP contribution in [0.2, 0.25) is 0 Å². The molecule has 0 atom stereocenters. The quantitative estimate of drug-likeness (QED) is 0.637. The second kappa shape index (κ2) is 5.73. The molecule has 1 aromatic carbocycles. The summed E-state index contributed by atoms with van der Waals surface area (Å²) in [5, 5.41) is 2.67. The van der Waals surface area contributed by atoms with Gasteiger partial charge in [0.05, 0.1) is 0 Å². The van der Waals surface area contributed by atoms with E-state index in [1.807, 2.05) is 0 Å². The van der Waals surface area contributed by atoms with Crippen LogP contribution < -0.4 is 11.1 Å². The van der Waals surface area contributed by atoms with Gasteiger partial charge in [-0.2, -0.15) is 0 Å². The van der Waals surface area contributed by atoms with Crippen molar-refractivity contribution in [2.75, 3.05) is 17.6 Å². The summed E-state index contributed by atoms with van der Waals surface area (Å²) in [6.45, 7) is 1.55. The Hall–Kier alpha value is -2.37. The van der Waals surface area contributed by atoms with E-state index in [0.717, 1.165) is 10.5 Å². The van der Waals surface area contributed by atoms with E-state index in [4.69, 9.17) is 5.73 Å². The van der Waals surface area contributed by atoms with E-state index in [0.29, 0.717) is 30.6 Å². The molecule has 0 saturated carbocycles. The first-order valence-corrected chi connectivity index (χ1v) is 6.47. The van der Waals surface area contributed by atoms with Gasteiger partial charge in [0.25, 0.3) is 0 Å².